The van der Waals surface area contributed by atoms with Gasteiger partial charge in [-0.2, -0.15) is 23.3 Å². The molecule has 13 heteroatoms. The van der Waals surface area contributed by atoms with Crippen LogP contribution in [-0.2, 0) is 11.3 Å². The van der Waals surface area contributed by atoms with Crippen LogP contribution in [0.3, 0.4) is 0 Å². The zero-order valence-electron chi connectivity index (χ0n) is 17.6. The Kier molecular flexibility index (Phi) is 6.77. The first kappa shape index (κ1) is 23.2. The fourth-order valence-corrected chi connectivity index (χ4v) is 2.84. The standard InChI is InChI=1S/C19H22F3N7O3/c1-4-28(3)18-25-13-14(17(30)31)27-29(7-8-32-10-19(20,21)22)15(13)16(26-18)24-12-9-11(2)5-6-23-12/h5-6,9H,4,7-8,10H2,1-3H3,(H,30,31)(H,23,24,25,26). The molecule has 172 valence electrons. The number of carboxylic acid groups (broad SMARTS) is 1. The summed E-state index contributed by atoms with van der Waals surface area (Å²) >= 11 is 0. The number of carbonyl (C=O) groups is 1. The second-order valence-electron chi connectivity index (χ2n) is 6.97. The van der Waals surface area contributed by atoms with Crippen molar-refractivity contribution < 1.29 is 27.8 Å². The first-order valence-electron chi connectivity index (χ1n) is 9.66. The molecule has 2 N–H and O–H groups in total. The molecule has 10 nitrogen and oxygen atoms in total. The smallest absolute Gasteiger partial charge is 0.411 e. The van der Waals surface area contributed by atoms with Gasteiger partial charge in [-0.05, 0) is 31.5 Å². The largest absolute Gasteiger partial charge is 0.476 e. The normalized spacial score (nSPS) is 11.7. The Morgan fingerprint density at radius 3 is 2.72 bits per heavy atom. The Hall–Kier alpha value is -3.48. The fraction of sp³-hybridized carbons (Fsp3) is 0.421. The van der Waals surface area contributed by atoms with E-state index in [1.54, 1.807) is 24.2 Å². The SMILES string of the molecule is CCN(C)c1nc(Nc2cc(C)ccn2)c2c(n1)c(C(=O)O)nn2CCOCC(F)(F)F. The van der Waals surface area contributed by atoms with E-state index in [0.717, 1.165) is 5.56 Å². The molecule has 3 aromatic rings. The summed E-state index contributed by atoms with van der Waals surface area (Å²) in [6, 6.07) is 3.57. The fourth-order valence-electron chi connectivity index (χ4n) is 2.84. The van der Waals surface area contributed by atoms with Crippen molar-refractivity contribution in [2.75, 3.05) is 37.0 Å². The van der Waals surface area contributed by atoms with Gasteiger partial charge in [-0.3, -0.25) is 4.68 Å². The summed E-state index contributed by atoms with van der Waals surface area (Å²) in [6.07, 6.45) is -2.87. The molecule has 0 unspecified atom stereocenters. The van der Waals surface area contributed by atoms with Gasteiger partial charge in [0, 0.05) is 19.8 Å². The van der Waals surface area contributed by atoms with Crippen LogP contribution in [0.5, 0.6) is 0 Å². The number of alkyl halides is 3. The maximum atomic E-state index is 12.4. The van der Waals surface area contributed by atoms with Gasteiger partial charge in [0.05, 0.1) is 13.2 Å². The molecular weight excluding hydrogens is 431 g/mol. The summed E-state index contributed by atoms with van der Waals surface area (Å²) in [4.78, 5) is 26.6. The van der Waals surface area contributed by atoms with Crippen molar-refractivity contribution >= 4 is 34.6 Å². The van der Waals surface area contributed by atoms with Crippen molar-refractivity contribution in [2.45, 2.75) is 26.6 Å². The monoisotopic (exact) mass is 453 g/mol. The molecule has 32 heavy (non-hydrogen) atoms. The summed E-state index contributed by atoms with van der Waals surface area (Å²) < 4.78 is 43.0. The molecule has 0 fully saturated rings. The van der Waals surface area contributed by atoms with Gasteiger partial charge in [0.2, 0.25) is 5.95 Å². The predicted octanol–water partition coefficient (Wildman–Crippen LogP) is 3.01. The maximum Gasteiger partial charge on any atom is 0.411 e. The minimum Gasteiger partial charge on any atom is -0.476 e. The van der Waals surface area contributed by atoms with E-state index in [-0.39, 0.29) is 41.6 Å². The van der Waals surface area contributed by atoms with Gasteiger partial charge < -0.3 is 20.1 Å². The van der Waals surface area contributed by atoms with Crippen LogP contribution in [0.25, 0.3) is 11.0 Å². The highest BCUT2D eigenvalue weighted by Crippen LogP contribution is 2.28. The Balaban J connectivity index is 2.08. The zero-order chi connectivity index (χ0) is 23.5. The third kappa shape index (κ3) is 5.41. The molecule has 0 radical (unpaired) electrons. The number of nitrogens with one attached hydrogen (secondary N) is 1. The van der Waals surface area contributed by atoms with E-state index in [1.807, 2.05) is 19.9 Å². The first-order chi connectivity index (χ1) is 15.1. The van der Waals surface area contributed by atoms with E-state index in [9.17, 15) is 23.1 Å². The number of aryl methyl sites for hydroxylation is 1. The van der Waals surface area contributed by atoms with Crippen molar-refractivity contribution in [1.82, 2.24) is 24.7 Å². The van der Waals surface area contributed by atoms with Crippen LogP contribution in [0.1, 0.15) is 23.0 Å². The molecule has 0 atom stereocenters. The lowest BCUT2D eigenvalue weighted by Crippen LogP contribution is -2.20. The number of nitrogens with zero attached hydrogens (tertiary/aromatic N) is 6. The molecule has 0 aromatic carbocycles. The van der Waals surface area contributed by atoms with E-state index < -0.39 is 18.8 Å². The van der Waals surface area contributed by atoms with Gasteiger partial charge in [0.25, 0.3) is 0 Å². The highest BCUT2D eigenvalue weighted by molar-refractivity contribution is 6.03. The van der Waals surface area contributed by atoms with Crippen LogP contribution in [0, 0.1) is 6.92 Å². The molecule has 3 rings (SSSR count). The van der Waals surface area contributed by atoms with Crippen molar-refractivity contribution in [1.29, 1.82) is 0 Å². The Morgan fingerprint density at radius 1 is 1.34 bits per heavy atom. The number of aromatic carboxylic acids is 1. The van der Waals surface area contributed by atoms with E-state index in [0.29, 0.717) is 12.4 Å². The molecule has 3 aromatic heterocycles. The third-order valence-electron chi connectivity index (χ3n) is 4.47. The number of ether oxygens (including phenoxy) is 1. The summed E-state index contributed by atoms with van der Waals surface area (Å²) in [5.74, 6) is -0.397. The van der Waals surface area contributed by atoms with Crippen LogP contribution < -0.4 is 10.2 Å². The minimum absolute atomic E-state index is 0.0498. The van der Waals surface area contributed by atoms with Gasteiger partial charge >= 0.3 is 12.1 Å². The number of carboxylic acids is 1. The van der Waals surface area contributed by atoms with Crippen molar-refractivity contribution in [3.05, 3.63) is 29.6 Å². The number of aromatic nitrogens is 5. The topological polar surface area (TPSA) is 118 Å². The highest BCUT2D eigenvalue weighted by Gasteiger charge is 2.28. The molecule has 0 bridgehead atoms. The van der Waals surface area contributed by atoms with E-state index in [4.69, 9.17) is 0 Å². The van der Waals surface area contributed by atoms with Crippen LogP contribution >= 0.6 is 0 Å². The van der Waals surface area contributed by atoms with Crippen LogP contribution in [-0.4, -0.2) is 68.8 Å². The number of rotatable bonds is 9. The number of pyridine rings is 1. The summed E-state index contributed by atoms with van der Waals surface area (Å²) in [5, 5.41) is 16.7. The van der Waals surface area contributed by atoms with Crippen molar-refractivity contribution in [3.63, 3.8) is 0 Å². The molecule has 0 saturated heterocycles. The van der Waals surface area contributed by atoms with Gasteiger partial charge in [-0.25, -0.2) is 14.8 Å². The molecule has 0 aliphatic carbocycles. The second-order valence-corrected chi connectivity index (χ2v) is 6.97. The molecule has 0 amide bonds. The number of hydrogen-bond acceptors (Lipinski definition) is 8. The van der Waals surface area contributed by atoms with Crippen molar-refractivity contribution in [3.8, 4) is 0 Å². The van der Waals surface area contributed by atoms with Crippen LogP contribution in [0.4, 0.5) is 30.8 Å². The quantitative estimate of drug-likeness (QED) is 0.471. The summed E-state index contributed by atoms with van der Waals surface area (Å²) in [7, 11) is 1.74. The first-order valence-corrected chi connectivity index (χ1v) is 9.66. The van der Waals surface area contributed by atoms with E-state index in [1.165, 1.54) is 4.68 Å². The lowest BCUT2D eigenvalue weighted by atomic mass is 10.3. The maximum absolute atomic E-state index is 12.4. The Labute approximate surface area is 181 Å². The molecule has 0 spiro atoms. The second kappa shape index (κ2) is 9.34. The molecular formula is C19H22F3N7O3. The zero-order valence-corrected chi connectivity index (χ0v) is 17.6. The number of hydrogen-bond donors (Lipinski definition) is 2. The Bertz CT molecular complexity index is 1120. The minimum atomic E-state index is -4.47. The number of halogens is 3. The van der Waals surface area contributed by atoms with Gasteiger partial charge in [0.1, 0.15) is 23.5 Å². The van der Waals surface area contributed by atoms with Gasteiger partial charge in [-0.15, -0.1) is 0 Å². The molecule has 0 saturated carbocycles. The van der Waals surface area contributed by atoms with Gasteiger partial charge in [0.15, 0.2) is 11.5 Å². The summed E-state index contributed by atoms with van der Waals surface area (Å²) in [6.45, 7) is 2.41. The van der Waals surface area contributed by atoms with Crippen molar-refractivity contribution in [2.24, 2.45) is 0 Å². The number of anilines is 3. The van der Waals surface area contributed by atoms with E-state index in [2.05, 4.69) is 30.1 Å². The molecule has 3 heterocycles. The highest BCUT2D eigenvalue weighted by atomic mass is 19.4. The van der Waals surface area contributed by atoms with Crippen LogP contribution in [0.15, 0.2) is 18.3 Å². The molecule has 0 aliphatic rings. The predicted molar refractivity (Wildman–Crippen MR) is 110 cm³/mol. The van der Waals surface area contributed by atoms with Gasteiger partial charge in [-0.1, -0.05) is 0 Å². The summed E-state index contributed by atoms with van der Waals surface area (Å²) in [5.41, 5.74) is 0.853. The lowest BCUT2D eigenvalue weighted by Gasteiger charge is -2.17. The van der Waals surface area contributed by atoms with Crippen LogP contribution in [0.2, 0.25) is 0 Å². The average Bonchev–Trinajstić information content (AvgIpc) is 3.09. The van der Waals surface area contributed by atoms with E-state index >= 15 is 0 Å². The lowest BCUT2D eigenvalue weighted by molar-refractivity contribution is -0.174. The average molecular weight is 453 g/mol. The third-order valence-corrected chi connectivity index (χ3v) is 4.47. The molecule has 0 aliphatic heterocycles. The Morgan fingerprint density at radius 2 is 2.09 bits per heavy atom. The number of fused-ring (bicyclic) bond motifs is 1.